The van der Waals surface area contributed by atoms with Crippen molar-refractivity contribution in [3.63, 3.8) is 0 Å². The summed E-state index contributed by atoms with van der Waals surface area (Å²) >= 11 is 0. The van der Waals surface area contributed by atoms with E-state index < -0.39 is 5.97 Å². The van der Waals surface area contributed by atoms with Gasteiger partial charge in [0.1, 0.15) is 12.4 Å². The number of likely N-dealkylation sites (tertiary alicyclic amines) is 1. The van der Waals surface area contributed by atoms with Crippen LogP contribution in [0.2, 0.25) is 0 Å². The Morgan fingerprint density at radius 3 is 2.85 bits per heavy atom. The van der Waals surface area contributed by atoms with Crippen LogP contribution in [0.5, 0.6) is 5.75 Å². The van der Waals surface area contributed by atoms with Gasteiger partial charge in [0.15, 0.2) is 0 Å². The van der Waals surface area contributed by atoms with Crippen molar-refractivity contribution in [2.45, 2.75) is 25.3 Å². The van der Waals surface area contributed by atoms with E-state index in [2.05, 4.69) is 11.0 Å². The lowest BCUT2D eigenvalue weighted by atomic mass is 9.89. The second kappa shape index (κ2) is 8.83. The summed E-state index contributed by atoms with van der Waals surface area (Å²) in [6.45, 7) is 3.00. The van der Waals surface area contributed by atoms with Crippen LogP contribution in [-0.2, 0) is 6.54 Å². The van der Waals surface area contributed by atoms with Crippen molar-refractivity contribution in [2.75, 3.05) is 26.3 Å². The molecule has 5 heteroatoms. The van der Waals surface area contributed by atoms with Gasteiger partial charge in [-0.05, 0) is 49.1 Å². The van der Waals surface area contributed by atoms with Gasteiger partial charge in [0.2, 0.25) is 0 Å². The van der Waals surface area contributed by atoms with Gasteiger partial charge in [0.05, 0.1) is 12.2 Å². The number of aromatic carboxylic acids is 1. The molecular weight excluding hydrogens is 330 g/mol. The topological polar surface area (TPSA) is 70.0 Å². The van der Waals surface area contributed by atoms with E-state index in [4.69, 9.17) is 9.84 Å². The van der Waals surface area contributed by atoms with Crippen LogP contribution in [0, 0.1) is 0 Å². The molecule has 1 heterocycles. The molecule has 1 atom stereocenters. The highest BCUT2D eigenvalue weighted by molar-refractivity contribution is 5.87. The first-order valence-corrected chi connectivity index (χ1v) is 9.04. The van der Waals surface area contributed by atoms with E-state index in [1.165, 1.54) is 0 Å². The molecule has 2 N–H and O–H groups in total. The van der Waals surface area contributed by atoms with E-state index in [-0.39, 0.29) is 6.61 Å². The number of aliphatic hydroxyl groups excluding tert-OH is 1. The van der Waals surface area contributed by atoms with Crippen LogP contribution >= 0.6 is 0 Å². The van der Waals surface area contributed by atoms with E-state index >= 15 is 0 Å². The summed E-state index contributed by atoms with van der Waals surface area (Å²) in [7, 11) is 0. The van der Waals surface area contributed by atoms with Gasteiger partial charge in [-0.3, -0.25) is 4.90 Å². The fraction of sp³-hybridized carbons (Fsp3) is 0.381. The second-order valence-electron chi connectivity index (χ2n) is 6.68. The zero-order chi connectivity index (χ0) is 18.4. The monoisotopic (exact) mass is 355 g/mol. The maximum atomic E-state index is 11.2. The molecule has 1 saturated heterocycles. The molecule has 0 amide bonds. The number of rotatable bonds is 7. The molecule has 138 valence electrons. The van der Waals surface area contributed by atoms with Crippen molar-refractivity contribution in [1.29, 1.82) is 0 Å². The second-order valence-corrected chi connectivity index (χ2v) is 6.68. The molecular formula is C21H25NO4. The molecule has 0 radical (unpaired) electrons. The minimum absolute atomic E-state index is 0.0000402. The summed E-state index contributed by atoms with van der Waals surface area (Å²) in [6, 6.07) is 15.2. The fourth-order valence-corrected chi connectivity index (χ4v) is 3.57. The van der Waals surface area contributed by atoms with Crippen LogP contribution in [0.15, 0.2) is 48.5 Å². The minimum Gasteiger partial charge on any atom is -0.491 e. The van der Waals surface area contributed by atoms with E-state index in [9.17, 15) is 9.90 Å². The number of carboxylic acid groups (broad SMARTS) is 1. The molecule has 2 aromatic carbocycles. The number of ether oxygens (including phenoxy) is 1. The molecule has 0 unspecified atom stereocenters. The SMILES string of the molecule is O=C(O)c1cccc([C@H]2CCCN(Cc3ccccc3OCCO)C2)c1. The van der Waals surface area contributed by atoms with Crippen molar-refractivity contribution in [1.82, 2.24) is 4.90 Å². The Morgan fingerprint density at radius 2 is 2.04 bits per heavy atom. The largest absolute Gasteiger partial charge is 0.491 e. The van der Waals surface area contributed by atoms with Crippen molar-refractivity contribution in [2.24, 2.45) is 0 Å². The van der Waals surface area contributed by atoms with E-state index in [0.29, 0.717) is 18.1 Å². The third kappa shape index (κ3) is 4.62. The molecule has 0 saturated carbocycles. The summed E-state index contributed by atoms with van der Waals surface area (Å²) in [5.74, 6) is 0.277. The van der Waals surface area contributed by atoms with Gasteiger partial charge < -0.3 is 14.9 Å². The number of hydrogen-bond donors (Lipinski definition) is 2. The van der Waals surface area contributed by atoms with Crippen molar-refractivity contribution in [3.8, 4) is 5.75 Å². The molecule has 1 aliphatic heterocycles. The molecule has 1 fully saturated rings. The predicted molar refractivity (Wildman–Crippen MR) is 99.7 cm³/mol. The zero-order valence-electron chi connectivity index (χ0n) is 14.8. The van der Waals surface area contributed by atoms with Gasteiger partial charge in [-0.1, -0.05) is 30.3 Å². The highest BCUT2D eigenvalue weighted by Gasteiger charge is 2.22. The fourth-order valence-electron chi connectivity index (χ4n) is 3.57. The van der Waals surface area contributed by atoms with Gasteiger partial charge in [0, 0.05) is 18.7 Å². The van der Waals surface area contributed by atoms with Crippen molar-refractivity contribution in [3.05, 3.63) is 65.2 Å². The summed E-state index contributed by atoms with van der Waals surface area (Å²) in [6.07, 6.45) is 2.16. The number of nitrogens with zero attached hydrogens (tertiary/aromatic N) is 1. The quantitative estimate of drug-likeness (QED) is 0.798. The van der Waals surface area contributed by atoms with E-state index in [1.54, 1.807) is 12.1 Å². The number of hydrogen-bond acceptors (Lipinski definition) is 4. The first-order valence-electron chi connectivity index (χ1n) is 9.04. The lowest BCUT2D eigenvalue weighted by molar-refractivity contribution is 0.0696. The Morgan fingerprint density at radius 1 is 1.19 bits per heavy atom. The number of aliphatic hydroxyl groups is 1. The average molecular weight is 355 g/mol. The molecule has 0 aromatic heterocycles. The Hall–Kier alpha value is -2.37. The standard InChI is InChI=1S/C21H25NO4/c23-11-12-26-20-9-2-1-5-19(20)15-22-10-4-8-18(14-22)16-6-3-7-17(13-16)21(24)25/h1-3,5-7,9,13,18,23H,4,8,10-12,14-15H2,(H,24,25)/t18-/m0/s1. The van der Waals surface area contributed by atoms with Gasteiger partial charge in [-0.2, -0.15) is 0 Å². The maximum Gasteiger partial charge on any atom is 0.335 e. The smallest absolute Gasteiger partial charge is 0.335 e. The minimum atomic E-state index is -0.880. The van der Waals surface area contributed by atoms with Crippen LogP contribution in [0.1, 0.15) is 40.2 Å². The van der Waals surface area contributed by atoms with Crippen LogP contribution in [0.3, 0.4) is 0 Å². The molecule has 2 aromatic rings. The maximum absolute atomic E-state index is 11.2. The Balaban J connectivity index is 1.69. The molecule has 0 spiro atoms. The number of carboxylic acids is 1. The Kier molecular flexibility index (Phi) is 6.26. The normalized spacial score (nSPS) is 17.8. The third-order valence-corrected chi connectivity index (χ3v) is 4.83. The summed E-state index contributed by atoms with van der Waals surface area (Å²) in [4.78, 5) is 13.6. The molecule has 26 heavy (non-hydrogen) atoms. The van der Waals surface area contributed by atoms with Gasteiger partial charge in [-0.15, -0.1) is 0 Å². The van der Waals surface area contributed by atoms with Crippen LogP contribution in [0.4, 0.5) is 0 Å². The van der Waals surface area contributed by atoms with Crippen molar-refractivity contribution >= 4 is 5.97 Å². The molecule has 5 nitrogen and oxygen atoms in total. The highest BCUT2D eigenvalue weighted by atomic mass is 16.5. The number of para-hydroxylation sites is 1. The highest BCUT2D eigenvalue weighted by Crippen LogP contribution is 2.29. The van der Waals surface area contributed by atoms with Crippen LogP contribution < -0.4 is 4.74 Å². The zero-order valence-corrected chi connectivity index (χ0v) is 14.8. The lowest BCUT2D eigenvalue weighted by Gasteiger charge is -2.33. The van der Waals surface area contributed by atoms with Crippen LogP contribution in [-0.4, -0.2) is 47.4 Å². The Labute approximate surface area is 153 Å². The summed E-state index contributed by atoms with van der Waals surface area (Å²) in [5, 5.41) is 18.2. The molecule has 0 aliphatic carbocycles. The first-order chi connectivity index (χ1) is 12.7. The number of piperidine rings is 1. The van der Waals surface area contributed by atoms with Gasteiger partial charge in [0.25, 0.3) is 0 Å². The first kappa shape index (κ1) is 18.4. The number of carbonyl (C=O) groups is 1. The summed E-state index contributed by atoms with van der Waals surface area (Å²) in [5.41, 5.74) is 2.56. The molecule has 3 rings (SSSR count). The van der Waals surface area contributed by atoms with Crippen LogP contribution in [0.25, 0.3) is 0 Å². The lowest BCUT2D eigenvalue weighted by Crippen LogP contribution is -2.34. The predicted octanol–water partition coefficient (Wildman–Crippen LogP) is 3.14. The van der Waals surface area contributed by atoms with Gasteiger partial charge in [-0.25, -0.2) is 4.79 Å². The van der Waals surface area contributed by atoms with Crippen molar-refractivity contribution < 1.29 is 19.7 Å². The molecule has 1 aliphatic rings. The number of benzene rings is 2. The average Bonchev–Trinajstić information content (AvgIpc) is 2.67. The summed E-state index contributed by atoms with van der Waals surface area (Å²) < 4.78 is 5.64. The van der Waals surface area contributed by atoms with Gasteiger partial charge >= 0.3 is 5.97 Å². The Bertz CT molecular complexity index is 746. The third-order valence-electron chi connectivity index (χ3n) is 4.83. The van der Waals surface area contributed by atoms with E-state index in [1.807, 2.05) is 30.3 Å². The van der Waals surface area contributed by atoms with E-state index in [0.717, 1.165) is 49.4 Å². The molecule has 0 bridgehead atoms.